The first kappa shape index (κ1) is 16.0. The first-order valence-electron chi connectivity index (χ1n) is 7.99. The summed E-state index contributed by atoms with van der Waals surface area (Å²) in [5.74, 6) is 0.637. The molecule has 4 nitrogen and oxygen atoms in total. The van der Waals surface area contributed by atoms with Crippen LogP contribution in [0.15, 0.2) is 41.8 Å². The van der Waals surface area contributed by atoms with E-state index in [0.717, 1.165) is 30.6 Å². The van der Waals surface area contributed by atoms with Gasteiger partial charge in [0.2, 0.25) is 0 Å². The average molecular weight is 330 g/mol. The second-order valence-corrected chi connectivity index (χ2v) is 7.07. The van der Waals surface area contributed by atoms with Crippen molar-refractivity contribution in [3.63, 3.8) is 0 Å². The van der Waals surface area contributed by atoms with Crippen LogP contribution in [0, 0.1) is 0 Å². The molecule has 23 heavy (non-hydrogen) atoms. The van der Waals surface area contributed by atoms with Crippen molar-refractivity contribution in [3.8, 4) is 5.75 Å². The van der Waals surface area contributed by atoms with Crippen molar-refractivity contribution in [2.45, 2.75) is 37.8 Å². The SMILES string of the molecule is NCC1(NC(=O)c2cccc(OCc3cccs3)c2)CCCC1. The van der Waals surface area contributed by atoms with Crippen LogP contribution >= 0.6 is 11.3 Å². The highest BCUT2D eigenvalue weighted by Crippen LogP contribution is 2.29. The number of carbonyl (C=O) groups is 1. The summed E-state index contributed by atoms with van der Waals surface area (Å²) in [7, 11) is 0. The van der Waals surface area contributed by atoms with Gasteiger partial charge in [0.25, 0.3) is 5.91 Å². The Morgan fingerprint density at radius 1 is 1.26 bits per heavy atom. The summed E-state index contributed by atoms with van der Waals surface area (Å²) < 4.78 is 5.77. The summed E-state index contributed by atoms with van der Waals surface area (Å²) in [5, 5.41) is 5.16. The largest absolute Gasteiger partial charge is 0.488 e. The van der Waals surface area contributed by atoms with Crippen molar-refractivity contribution in [3.05, 3.63) is 52.2 Å². The van der Waals surface area contributed by atoms with E-state index >= 15 is 0 Å². The summed E-state index contributed by atoms with van der Waals surface area (Å²) in [4.78, 5) is 13.7. The third-order valence-electron chi connectivity index (χ3n) is 4.39. The zero-order valence-corrected chi connectivity index (χ0v) is 13.9. The first-order valence-corrected chi connectivity index (χ1v) is 8.87. The van der Waals surface area contributed by atoms with Gasteiger partial charge in [0.05, 0.1) is 5.54 Å². The van der Waals surface area contributed by atoms with Gasteiger partial charge in [-0.05, 0) is 42.5 Å². The standard InChI is InChI=1S/C18H22N2O2S/c19-13-18(8-1-2-9-18)20-17(21)14-5-3-6-15(11-14)22-12-16-7-4-10-23-16/h3-7,10-11H,1-2,8-9,12-13,19H2,(H,20,21). The van der Waals surface area contributed by atoms with Crippen molar-refractivity contribution < 1.29 is 9.53 Å². The quantitative estimate of drug-likeness (QED) is 0.854. The minimum atomic E-state index is -0.231. The molecule has 0 saturated heterocycles. The topological polar surface area (TPSA) is 64.3 Å². The Bertz CT molecular complexity index is 649. The fourth-order valence-electron chi connectivity index (χ4n) is 3.02. The van der Waals surface area contributed by atoms with Gasteiger partial charge in [-0.15, -0.1) is 11.3 Å². The molecule has 1 heterocycles. The lowest BCUT2D eigenvalue weighted by molar-refractivity contribution is 0.0902. The maximum atomic E-state index is 12.5. The van der Waals surface area contributed by atoms with E-state index in [9.17, 15) is 4.79 Å². The van der Waals surface area contributed by atoms with Crippen LogP contribution < -0.4 is 15.8 Å². The van der Waals surface area contributed by atoms with Crippen LogP contribution in [0.2, 0.25) is 0 Å². The molecule has 1 saturated carbocycles. The van der Waals surface area contributed by atoms with Crippen molar-refractivity contribution in [2.24, 2.45) is 5.73 Å². The van der Waals surface area contributed by atoms with E-state index in [1.54, 1.807) is 17.4 Å². The van der Waals surface area contributed by atoms with E-state index in [-0.39, 0.29) is 11.4 Å². The average Bonchev–Trinajstić information content (AvgIpc) is 3.25. The van der Waals surface area contributed by atoms with Gasteiger partial charge < -0.3 is 15.8 Å². The highest BCUT2D eigenvalue weighted by molar-refractivity contribution is 7.09. The number of nitrogens with one attached hydrogen (secondary N) is 1. The van der Waals surface area contributed by atoms with E-state index in [2.05, 4.69) is 5.32 Å². The van der Waals surface area contributed by atoms with E-state index in [1.165, 1.54) is 0 Å². The molecule has 0 aliphatic heterocycles. The van der Waals surface area contributed by atoms with Gasteiger partial charge in [-0.2, -0.15) is 0 Å². The number of benzene rings is 1. The van der Waals surface area contributed by atoms with E-state index in [4.69, 9.17) is 10.5 Å². The first-order chi connectivity index (χ1) is 11.2. The minimum Gasteiger partial charge on any atom is -0.488 e. The fraction of sp³-hybridized carbons (Fsp3) is 0.389. The number of hydrogen-bond acceptors (Lipinski definition) is 4. The Labute approximate surface area is 140 Å². The molecule has 0 atom stereocenters. The molecular formula is C18H22N2O2S. The molecule has 3 rings (SSSR count). The molecule has 5 heteroatoms. The van der Waals surface area contributed by atoms with Crippen LogP contribution in [-0.2, 0) is 6.61 Å². The molecule has 0 unspecified atom stereocenters. The van der Waals surface area contributed by atoms with Gasteiger partial charge in [-0.3, -0.25) is 4.79 Å². The maximum Gasteiger partial charge on any atom is 0.251 e. The number of hydrogen-bond donors (Lipinski definition) is 2. The van der Waals surface area contributed by atoms with Gasteiger partial charge in [-0.1, -0.05) is 25.0 Å². The third-order valence-corrected chi connectivity index (χ3v) is 5.24. The molecule has 1 fully saturated rings. The summed E-state index contributed by atoms with van der Waals surface area (Å²) in [6.45, 7) is 1.02. The van der Waals surface area contributed by atoms with Crippen molar-refractivity contribution >= 4 is 17.2 Å². The van der Waals surface area contributed by atoms with Crippen LogP contribution in [0.4, 0.5) is 0 Å². The van der Waals surface area contributed by atoms with Crippen LogP contribution in [-0.4, -0.2) is 18.0 Å². The second-order valence-electron chi connectivity index (χ2n) is 6.04. The number of thiophene rings is 1. The Hall–Kier alpha value is -1.85. The maximum absolute atomic E-state index is 12.5. The van der Waals surface area contributed by atoms with E-state index < -0.39 is 0 Å². The van der Waals surface area contributed by atoms with Crippen molar-refractivity contribution in [2.75, 3.05) is 6.54 Å². The lowest BCUT2D eigenvalue weighted by atomic mass is 9.97. The third kappa shape index (κ3) is 3.92. The smallest absolute Gasteiger partial charge is 0.251 e. The molecule has 0 spiro atoms. The van der Waals surface area contributed by atoms with Gasteiger partial charge >= 0.3 is 0 Å². The second kappa shape index (κ2) is 7.15. The molecule has 1 amide bonds. The fourth-order valence-corrected chi connectivity index (χ4v) is 3.64. The minimum absolute atomic E-state index is 0.0704. The number of rotatable bonds is 6. The van der Waals surface area contributed by atoms with Crippen LogP contribution in [0.5, 0.6) is 5.75 Å². The Balaban J connectivity index is 1.65. The van der Waals surface area contributed by atoms with Crippen molar-refractivity contribution in [1.82, 2.24) is 5.32 Å². The highest BCUT2D eigenvalue weighted by Gasteiger charge is 2.34. The molecule has 2 aromatic rings. The molecule has 0 bridgehead atoms. The normalized spacial score (nSPS) is 16.2. The molecule has 0 radical (unpaired) electrons. The molecule has 122 valence electrons. The molecule has 1 aliphatic carbocycles. The molecule has 3 N–H and O–H groups in total. The van der Waals surface area contributed by atoms with Gasteiger partial charge in [0.15, 0.2) is 0 Å². The Morgan fingerprint density at radius 3 is 2.78 bits per heavy atom. The van der Waals surface area contributed by atoms with Crippen LogP contribution in [0.25, 0.3) is 0 Å². The number of amides is 1. The van der Waals surface area contributed by atoms with Crippen LogP contribution in [0.1, 0.15) is 40.9 Å². The lowest BCUT2D eigenvalue weighted by Crippen LogP contribution is -2.51. The van der Waals surface area contributed by atoms with Gasteiger partial charge in [0.1, 0.15) is 12.4 Å². The highest BCUT2D eigenvalue weighted by atomic mass is 32.1. The molecular weight excluding hydrogens is 308 g/mol. The molecule has 1 aromatic carbocycles. The number of carbonyl (C=O) groups excluding carboxylic acids is 1. The van der Waals surface area contributed by atoms with E-state index in [0.29, 0.717) is 24.5 Å². The van der Waals surface area contributed by atoms with Crippen LogP contribution in [0.3, 0.4) is 0 Å². The summed E-state index contributed by atoms with van der Waals surface area (Å²) in [6, 6.07) is 11.4. The summed E-state index contributed by atoms with van der Waals surface area (Å²) in [6.07, 6.45) is 4.18. The lowest BCUT2D eigenvalue weighted by Gasteiger charge is -2.28. The Morgan fingerprint density at radius 2 is 2.09 bits per heavy atom. The van der Waals surface area contributed by atoms with E-state index in [1.807, 2.05) is 35.7 Å². The Kier molecular flexibility index (Phi) is 4.98. The van der Waals surface area contributed by atoms with Crippen molar-refractivity contribution in [1.29, 1.82) is 0 Å². The van der Waals surface area contributed by atoms with Gasteiger partial charge in [-0.25, -0.2) is 0 Å². The predicted molar refractivity (Wildman–Crippen MR) is 92.8 cm³/mol. The number of nitrogens with two attached hydrogens (primary N) is 1. The molecule has 1 aromatic heterocycles. The zero-order chi connectivity index (χ0) is 16.1. The monoisotopic (exact) mass is 330 g/mol. The predicted octanol–water partition coefficient (Wildman–Crippen LogP) is 3.33. The zero-order valence-electron chi connectivity index (χ0n) is 13.1. The summed E-state index contributed by atoms with van der Waals surface area (Å²) in [5.41, 5.74) is 6.28. The summed E-state index contributed by atoms with van der Waals surface area (Å²) >= 11 is 1.66. The molecule has 1 aliphatic rings. The number of ether oxygens (including phenoxy) is 1. The van der Waals surface area contributed by atoms with Gasteiger partial charge in [0, 0.05) is 17.0 Å².